The van der Waals surface area contributed by atoms with E-state index in [0.717, 1.165) is 37.9 Å². The Bertz CT molecular complexity index is 1240. The molecule has 1 aliphatic heterocycles. The lowest BCUT2D eigenvalue weighted by atomic mass is 9.52. The molecule has 2 aromatic heterocycles. The maximum Gasteiger partial charge on any atom is 0.270 e. The van der Waals surface area contributed by atoms with Crippen molar-refractivity contribution in [2.75, 3.05) is 36.5 Å². The Morgan fingerprint density at radius 2 is 1.89 bits per heavy atom. The van der Waals surface area contributed by atoms with E-state index in [2.05, 4.69) is 32.3 Å². The standard InChI is InChI=1S/C28H35ClN6O3/c1-16-15-34(25-21(29)10-20(14-31-25)26(36)30-2)6-7-35(16)23-5-3-4-22(32-23)27(37)33-24-18-8-17-9-19(24)13-28(38,11-17)12-18/h3-5,10,14,16-19,24,38H,6-9,11-13,15H2,1-2H3,(H,30,36)(H,33,37)/t16-,17?,18?,19?,24-,28-/m1/s1. The molecule has 4 saturated carbocycles. The maximum absolute atomic E-state index is 13.3. The van der Waals surface area contributed by atoms with Crippen molar-refractivity contribution in [3.8, 4) is 0 Å². The van der Waals surface area contributed by atoms with Gasteiger partial charge in [0.1, 0.15) is 17.3 Å². The van der Waals surface area contributed by atoms with Crippen molar-refractivity contribution in [2.24, 2.45) is 17.8 Å². The van der Waals surface area contributed by atoms with Crippen molar-refractivity contribution in [3.63, 3.8) is 0 Å². The van der Waals surface area contributed by atoms with Crippen molar-refractivity contribution in [1.29, 1.82) is 0 Å². The van der Waals surface area contributed by atoms with Crippen molar-refractivity contribution >= 4 is 35.1 Å². The van der Waals surface area contributed by atoms with Crippen LogP contribution in [0.4, 0.5) is 11.6 Å². The number of nitrogens with zero attached hydrogens (tertiary/aromatic N) is 4. The first-order valence-electron chi connectivity index (χ1n) is 13.6. The molecule has 3 heterocycles. The Morgan fingerprint density at radius 3 is 2.55 bits per heavy atom. The van der Waals surface area contributed by atoms with E-state index in [1.807, 2.05) is 12.1 Å². The Morgan fingerprint density at radius 1 is 1.13 bits per heavy atom. The molecule has 3 atom stereocenters. The fourth-order valence-electron chi connectivity index (χ4n) is 7.57. The van der Waals surface area contributed by atoms with E-state index in [9.17, 15) is 14.7 Å². The second-order valence-corrected chi connectivity index (χ2v) is 12.1. The smallest absolute Gasteiger partial charge is 0.270 e. The third-order valence-electron chi connectivity index (χ3n) is 9.04. The molecule has 2 unspecified atom stereocenters. The lowest BCUT2D eigenvalue weighted by molar-refractivity contribution is -0.136. The largest absolute Gasteiger partial charge is 0.390 e. The Hall–Kier alpha value is -2.91. The van der Waals surface area contributed by atoms with Crippen LogP contribution in [0.2, 0.25) is 5.02 Å². The first-order chi connectivity index (χ1) is 18.2. The van der Waals surface area contributed by atoms with Gasteiger partial charge in [-0.05, 0) is 75.0 Å². The minimum atomic E-state index is -0.514. The number of hydrogen-bond acceptors (Lipinski definition) is 7. The van der Waals surface area contributed by atoms with Crippen LogP contribution >= 0.6 is 11.6 Å². The second-order valence-electron chi connectivity index (χ2n) is 11.7. The highest BCUT2D eigenvalue weighted by Gasteiger charge is 2.55. The number of carbonyl (C=O) groups is 2. The molecule has 9 nitrogen and oxygen atoms in total. The quantitative estimate of drug-likeness (QED) is 0.537. The molecule has 1 saturated heterocycles. The number of aromatic nitrogens is 2. The molecule has 202 valence electrons. The maximum atomic E-state index is 13.3. The monoisotopic (exact) mass is 538 g/mol. The van der Waals surface area contributed by atoms with E-state index >= 15 is 0 Å². The van der Waals surface area contributed by atoms with Gasteiger partial charge in [0.15, 0.2) is 0 Å². The van der Waals surface area contributed by atoms with Gasteiger partial charge in [-0.1, -0.05) is 17.7 Å². The number of hydrogen-bond donors (Lipinski definition) is 3. The van der Waals surface area contributed by atoms with Gasteiger partial charge < -0.3 is 25.5 Å². The molecule has 10 heteroatoms. The van der Waals surface area contributed by atoms with Crippen molar-refractivity contribution in [2.45, 2.75) is 56.7 Å². The summed E-state index contributed by atoms with van der Waals surface area (Å²) in [6.07, 6.45) is 6.28. The molecule has 2 amide bonds. The van der Waals surface area contributed by atoms with Gasteiger partial charge in [0.05, 0.1) is 16.2 Å². The molecule has 0 aromatic carbocycles. The van der Waals surface area contributed by atoms with Gasteiger partial charge in [0.25, 0.3) is 11.8 Å². The SMILES string of the molecule is CNC(=O)c1cnc(N2CCN(c3cccc(C(=O)N[C@H]4C5CC6CC4C[C@](O)(C6)C5)n3)[C@H](C)C2)c(Cl)c1. The number of carbonyl (C=O) groups excluding carboxylic acids is 2. The summed E-state index contributed by atoms with van der Waals surface area (Å²) < 4.78 is 0. The first kappa shape index (κ1) is 25.4. The molecule has 0 spiro atoms. The molecule has 7 rings (SSSR count). The predicted octanol–water partition coefficient (Wildman–Crippen LogP) is 2.87. The zero-order chi connectivity index (χ0) is 26.6. The number of aliphatic hydroxyl groups is 1. The third kappa shape index (κ3) is 4.60. The van der Waals surface area contributed by atoms with E-state index in [4.69, 9.17) is 16.6 Å². The number of piperazine rings is 1. The van der Waals surface area contributed by atoms with E-state index in [1.54, 1.807) is 25.4 Å². The highest BCUT2D eigenvalue weighted by atomic mass is 35.5. The van der Waals surface area contributed by atoms with Gasteiger partial charge in [-0.3, -0.25) is 9.59 Å². The minimum Gasteiger partial charge on any atom is -0.390 e. The minimum absolute atomic E-state index is 0.108. The number of pyridine rings is 2. The Labute approximate surface area is 228 Å². The summed E-state index contributed by atoms with van der Waals surface area (Å²) >= 11 is 6.49. The molecule has 5 fully saturated rings. The Kier molecular flexibility index (Phi) is 6.46. The molecule has 38 heavy (non-hydrogen) atoms. The predicted molar refractivity (Wildman–Crippen MR) is 146 cm³/mol. The fourth-order valence-corrected chi connectivity index (χ4v) is 7.86. The summed E-state index contributed by atoms with van der Waals surface area (Å²) in [4.78, 5) is 38.7. The average molecular weight is 539 g/mol. The third-order valence-corrected chi connectivity index (χ3v) is 9.32. The number of rotatable bonds is 5. The van der Waals surface area contributed by atoms with E-state index in [-0.39, 0.29) is 23.9 Å². The molecule has 4 bridgehead atoms. The number of halogens is 1. The molecule has 4 aliphatic carbocycles. The van der Waals surface area contributed by atoms with Crippen molar-refractivity contribution in [3.05, 3.63) is 46.7 Å². The van der Waals surface area contributed by atoms with Gasteiger partial charge in [-0.2, -0.15) is 0 Å². The molecule has 5 aliphatic rings. The lowest BCUT2D eigenvalue weighted by Gasteiger charge is -2.58. The zero-order valence-corrected chi connectivity index (χ0v) is 22.6. The summed E-state index contributed by atoms with van der Waals surface area (Å²) in [5, 5.41) is 17.2. The molecule has 2 aromatic rings. The average Bonchev–Trinajstić information content (AvgIpc) is 2.89. The van der Waals surface area contributed by atoms with Crippen LogP contribution in [0.1, 0.15) is 59.9 Å². The van der Waals surface area contributed by atoms with Crippen LogP contribution in [0.5, 0.6) is 0 Å². The zero-order valence-electron chi connectivity index (χ0n) is 21.9. The van der Waals surface area contributed by atoms with Crippen LogP contribution in [0.3, 0.4) is 0 Å². The van der Waals surface area contributed by atoms with Crippen LogP contribution in [-0.2, 0) is 0 Å². The molecule has 3 N–H and O–H groups in total. The molecular weight excluding hydrogens is 504 g/mol. The highest BCUT2D eigenvalue weighted by molar-refractivity contribution is 6.33. The lowest BCUT2D eigenvalue weighted by Crippen LogP contribution is -2.61. The number of nitrogens with one attached hydrogen (secondary N) is 2. The first-order valence-corrected chi connectivity index (χ1v) is 14.0. The van der Waals surface area contributed by atoms with Crippen LogP contribution in [0.25, 0.3) is 0 Å². The van der Waals surface area contributed by atoms with E-state index in [0.29, 0.717) is 59.5 Å². The normalized spacial score (nSPS) is 31.8. The van der Waals surface area contributed by atoms with Crippen molar-refractivity contribution in [1.82, 2.24) is 20.6 Å². The topological polar surface area (TPSA) is 111 Å². The van der Waals surface area contributed by atoms with Gasteiger partial charge in [-0.15, -0.1) is 0 Å². The summed E-state index contributed by atoms with van der Waals surface area (Å²) in [6.45, 7) is 4.18. The van der Waals surface area contributed by atoms with Crippen molar-refractivity contribution < 1.29 is 14.7 Å². The van der Waals surface area contributed by atoms with Crippen LogP contribution in [-0.4, -0.2) is 71.3 Å². The summed E-state index contributed by atoms with van der Waals surface area (Å²) in [6, 6.07) is 7.50. The molecule has 0 radical (unpaired) electrons. The van der Waals surface area contributed by atoms with Gasteiger partial charge in [0.2, 0.25) is 0 Å². The van der Waals surface area contributed by atoms with Gasteiger partial charge >= 0.3 is 0 Å². The van der Waals surface area contributed by atoms with Gasteiger partial charge in [0, 0.05) is 45.0 Å². The highest BCUT2D eigenvalue weighted by Crippen LogP contribution is 2.55. The fraction of sp³-hybridized carbons (Fsp3) is 0.571. The van der Waals surface area contributed by atoms with Crippen LogP contribution in [0, 0.1) is 17.8 Å². The summed E-state index contributed by atoms with van der Waals surface area (Å²) in [5.74, 6) is 2.40. The summed E-state index contributed by atoms with van der Waals surface area (Å²) in [5.41, 5.74) is 0.344. The summed E-state index contributed by atoms with van der Waals surface area (Å²) in [7, 11) is 1.58. The van der Waals surface area contributed by atoms with Crippen LogP contribution in [0.15, 0.2) is 30.5 Å². The second kappa shape index (κ2) is 9.68. The molecular formula is C28H35ClN6O3. The number of anilines is 2. The van der Waals surface area contributed by atoms with Gasteiger partial charge in [-0.25, -0.2) is 9.97 Å². The van der Waals surface area contributed by atoms with E-state index < -0.39 is 5.60 Å². The number of amides is 2. The van der Waals surface area contributed by atoms with Crippen LogP contribution < -0.4 is 20.4 Å². The Balaban J connectivity index is 1.12. The van der Waals surface area contributed by atoms with E-state index in [1.165, 1.54) is 0 Å².